The van der Waals surface area contributed by atoms with Crippen molar-refractivity contribution in [3.8, 4) is 0 Å². The minimum atomic E-state index is -0.230. The molecule has 1 atom stereocenters. The molecule has 1 unspecified atom stereocenters. The highest BCUT2D eigenvalue weighted by molar-refractivity contribution is 5.78. The summed E-state index contributed by atoms with van der Waals surface area (Å²) in [5, 5.41) is 11.9. The lowest BCUT2D eigenvalue weighted by atomic mass is 9.93. The van der Waals surface area contributed by atoms with Gasteiger partial charge in [0.2, 0.25) is 5.91 Å². The van der Waals surface area contributed by atoms with Gasteiger partial charge >= 0.3 is 0 Å². The van der Waals surface area contributed by atoms with Crippen molar-refractivity contribution in [2.45, 2.75) is 34.6 Å². The molecule has 0 fully saturated rings. The first kappa shape index (κ1) is 13.4. The van der Waals surface area contributed by atoms with Crippen molar-refractivity contribution in [3.05, 3.63) is 0 Å². The fraction of sp³-hybridized carbons (Fsp3) is 0.909. The van der Waals surface area contributed by atoms with E-state index in [0.29, 0.717) is 12.5 Å². The summed E-state index contributed by atoms with van der Waals surface area (Å²) in [6, 6.07) is 0. The average Bonchev–Trinajstić information content (AvgIpc) is 2.13. The van der Waals surface area contributed by atoms with Crippen molar-refractivity contribution in [2.75, 3.05) is 13.2 Å². The number of hydrogen-bond acceptors (Lipinski definition) is 2. The molecule has 3 heteroatoms. The molecule has 14 heavy (non-hydrogen) atoms. The zero-order chi connectivity index (χ0) is 11.4. The molecule has 0 aliphatic carbocycles. The Bertz CT molecular complexity index is 188. The summed E-state index contributed by atoms with van der Waals surface area (Å²) in [5.41, 5.74) is -0.230. The highest BCUT2D eigenvalue weighted by Gasteiger charge is 2.21. The number of nitrogens with one attached hydrogen (secondary N) is 1. The SMILES string of the molecule is CC(C)C(C)C(=O)NCC(C)(C)CO. The molecule has 0 radical (unpaired) electrons. The Morgan fingerprint density at radius 2 is 1.86 bits per heavy atom. The van der Waals surface area contributed by atoms with Gasteiger partial charge in [0.25, 0.3) is 0 Å². The van der Waals surface area contributed by atoms with E-state index in [0.717, 1.165) is 0 Å². The Morgan fingerprint density at radius 1 is 1.36 bits per heavy atom. The summed E-state index contributed by atoms with van der Waals surface area (Å²) in [4.78, 5) is 11.6. The zero-order valence-corrected chi connectivity index (χ0v) is 9.92. The Kier molecular flexibility index (Phi) is 5.13. The molecule has 3 nitrogen and oxygen atoms in total. The fourth-order valence-corrected chi connectivity index (χ4v) is 0.846. The second kappa shape index (κ2) is 5.35. The molecule has 0 rings (SSSR count). The maximum atomic E-state index is 11.6. The summed E-state index contributed by atoms with van der Waals surface area (Å²) in [6.07, 6.45) is 0. The van der Waals surface area contributed by atoms with Crippen molar-refractivity contribution in [1.29, 1.82) is 0 Å². The van der Waals surface area contributed by atoms with Crippen LogP contribution in [-0.2, 0) is 4.79 Å². The first-order chi connectivity index (χ1) is 6.30. The normalized spacial score (nSPS) is 14.2. The van der Waals surface area contributed by atoms with Gasteiger partial charge in [0.05, 0.1) is 0 Å². The molecule has 0 heterocycles. The Hall–Kier alpha value is -0.570. The van der Waals surface area contributed by atoms with Gasteiger partial charge in [-0.15, -0.1) is 0 Å². The van der Waals surface area contributed by atoms with Crippen molar-refractivity contribution < 1.29 is 9.90 Å². The largest absolute Gasteiger partial charge is 0.396 e. The summed E-state index contributed by atoms with van der Waals surface area (Å²) in [6.45, 7) is 10.4. The quantitative estimate of drug-likeness (QED) is 0.706. The molecule has 0 aromatic carbocycles. The van der Waals surface area contributed by atoms with Gasteiger partial charge in [-0.1, -0.05) is 34.6 Å². The summed E-state index contributed by atoms with van der Waals surface area (Å²) < 4.78 is 0. The zero-order valence-electron chi connectivity index (χ0n) is 9.92. The Balaban J connectivity index is 3.97. The van der Waals surface area contributed by atoms with Gasteiger partial charge in [0.1, 0.15) is 0 Å². The maximum absolute atomic E-state index is 11.6. The van der Waals surface area contributed by atoms with Gasteiger partial charge in [0, 0.05) is 24.5 Å². The first-order valence-electron chi connectivity index (χ1n) is 5.19. The number of amides is 1. The lowest BCUT2D eigenvalue weighted by Gasteiger charge is -2.24. The van der Waals surface area contributed by atoms with Gasteiger partial charge in [0.15, 0.2) is 0 Å². The van der Waals surface area contributed by atoms with Crippen molar-refractivity contribution in [1.82, 2.24) is 5.32 Å². The van der Waals surface area contributed by atoms with Crippen LogP contribution < -0.4 is 5.32 Å². The number of aliphatic hydroxyl groups excluding tert-OH is 1. The molecule has 0 bridgehead atoms. The summed E-state index contributed by atoms with van der Waals surface area (Å²) in [5.74, 6) is 0.457. The number of carbonyl (C=O) groups excluding carboxylic acids is 1. The Labute approximate surface area is 86.9 Å². The second-order valence-corrected chi connectivity index (χ2v) is 5.07. The maximum Gasteiger partial charge on any atom is 0.223 e. The first-order valence-corrected chi connectivity index (χ1v) is 5.19. The van der Waals surface area contributed by atoms with Gasteiger partial charge in [-0.05, 0) is 5.92 Å². The highest BCUT2D eigenvalue weighted by Crippen LogP contribution is 2.13. The predicted molar refractivity (Wildman–Crippen MR) is 57.9 cm³/mol. The second-order valence-electron chi connectivity index (χ2n) is 5.07. The van der Waals surface area contributed by atoms with Crippen LogP contribution in [0.3, 0.4) is 0 Å². The van der Waals surface area contributed by atoms with E-state index < -0.39 is 0 Å². The van der Waals surface area contributed by atoms with Gasteiger partial charge in [-0.25, -0.2) is 0 Å². The van der Waals surface area contributed by atoms with E-state index in [9.17, 15) is 4.79 Å². The Morgan fingerprint density at radius 3 is 2.21 bits per heavy atom. The predicted octanol–water partition coefficient (Wildman–Crippen LogP) is 1.41. The molecular formula is C11H23NO2. The molecule has 84 valence electrons. The van der Waals surface area contributed by atoms with Crippen LogP contribution in [0.1, 0.15) is 34.6 Å². The van der Waals surface area contributed by atoms with Crippen LogP contribution >= 0.6 is 0 Å². The molecule has 1 amide bonds. The molecule has 0 saturated heterocycles. The van der Waals surface area contributed by atoms with E-state index in [4.69, 9.17) is 5.11 Å². The minimum Gasteiger partial charge on any atom is -0.396 e. The monoisotopic (exact) mass is 201 g/mol. The molecule has 0 saturated carbocycles. The van der Waals surface area contributed by atoms with Gasteiger partial charge in [-0.3, -0.25) is 4.79 Å². The number of hydrogen-bond donors (Lipinski definition) is 2. The van der Waals surface area contributed by atoms with Crippen LogP contribution in [0.15, 0.2) is 0 Å². The van der Waals surface area contributed by atoms with Gasteiger partial charge in [-0.2, -0.15) is 0 Å². The van der Waals surface area contributed by atoms with E-state index in [1.54, 1.807) is 0 Å². The molecule has 0 aromatic heterocycles. The van der Waals surface area contributed by atoms with E-state index in [1.807, 2.05) is 34.6 Å². The smallest absolute Gasteiger partial charge is 0.223 e. The van der Waals surface area contributed by atoms with Gasteiger partial charge < -0.3 is 10.4 Å². The average molecular weight is 201 g/mol. The topological polar surface area (TPSA) is 49.3 Å². The lowest BCUT2D eigenvalue weighted by Crippen LogP contribution is -2.39. The summed E-state index contributed by atoms with van der Waals surface area (Å²) in [7, 11) is 0. The van der Waals surface area contributed by atoms with Crippen LogP contribution in [0.25, 0.3) is 0 Å². The lowest BCUT2D eigenvalue weighted by molar-refractivity contribution is -0.126. The van der Waals surface area contributed by atoms with Crippen molar-refractivity contribution >= 4 is 5.91 Å². The minimum absolute atomic E-state index is 0.0319. The van der Waals surface area contributed by atoms with Crippen LogP contribution in [0.5, 0.6) is 0 Å². The van der Waals surface area contributed by atoms with E-state index in [2.05, 4.69) is 5.32 Å². The third kappa shape index (κ3) is 4.61. The van der Waals surface area contributed by atoms with E-state index in [-0.39, 0.29) is 23.8 Å². The van der Waals surface area contributed by atoms with Crippen LogP contribution in [0, 0.1) is 17.3 Å². The molecule has 0 aromatic rings. The molecule has 0 aliphatic rings. The molecule has 0 aliphatic heterocycles. The van der Waals surface area contributed by atoms with Crippen LogP contribution in [0.2, 0.25) is 0 Å². The molecular weight excluding hydrogens is 178 g/mol. The number of carbonyl (C=O) groups is 1. The van der Waals surface area contributed by atoms with E-state index >= 15 is 0 Å². The summed E-state index contributed by atoms with van der Waals surface area (Å²) >= 11 is 0. The third-order valence-electron chi connectivity index (χ3n) is 2.58. The number of rotatable bonds is 5. The van der Waals surface area contributed by atoms with E-state index in [1.165, 1.54) is 0 Å². The third-order valence-corrected chi connectivity index (χ3v) is 2.58. The van der Waals surface area contributed by atoms with Crippen molar-refractivity contribution in [2.24, 2.45) is 17.3 Å². The van der Waals surface area contributed by atoms with Crippen molar-refractivity contribution in [3.63, 3.8) is 0 Å². The molecule has 0 spiro atoms. The van der Waals surface area contributed by atoms with Crippen LogP contribution in [-0.4, -0.2) is 24.2 Å². The standard InChI is InChI=1S/C11H23NO2/c1-8(2)9(3)10(14)12-6-11(4,5)7-13/h8-9,13H,6-7H2,1-5H3,(H,12,14). The molecule has 2 N–H and O–H groups in total. The number of aliphatic hydroxyl groups is 1. The fourth-order valence-electron chi connectivity index (χ4n) is 0.846. The highest BCUT2D eigenvalue weighted by atomic mass is 16.3. The van der Waals surface area contributed by atoms with Crippen LogP contribution in [0.4, 0.5) is 0 Å².